The Morgan fingerprint density at radius 1 is 0.966 bits per heavy atom. The average Bonchev–Trinajstić information content (AvgIpc) is 3.16. The topological polar surface area (TPSA) is 42.5 Å². The van der Waals surface area contributed by atoms with Crippen molar-refractivity contribution in [2.45, 2.75) is 6.42 Å². The van der Waals surface area contributed by atoms with Crippen LogP contribution in [0.1, 0.15) is 11.1 Å². The summed E-state index contributed by atoms with van der Waals surface area (Å²) in [4.78, 5) is 9.47. The molecule has 0 saturated heterocycles. The monoisotopic (exact) mass is 402 g/mol. The maximum absolute atomic E-state index is 14.4. The molecule has 0 unspecified atom stereocenters. The largest absolute Gasteiger partial charge is 0.265 e. The van der Waals surface area contributed by atoms with Gasteiger partial charge in [0.15, 0.2) is 0 Å². The molecule has 0 aliphatic rings. The fourth-order valence-electron chi connectivity index (χ4n) is 2.87. The van der Waals surface area contributed by atoms with Crippen LogP contribution in [0.5, 0.6) is 0 Å². The summed E-state index contributed by atoms with van der Waals surface area (Å²) >= 11 is 1.45. The zero-order valence-corrected chi connectivity index (χ0v) is 16.5. The van der Waals surface area contributed by atoms with E-state index in [4.69, 9.17) is 4.99 Å². The Labute approximate surface area is 172 Å². The van der Waals surface area contributed by atoms with Crippen LogP contribution >= 0.6 is 11.3 Å². The molecule has 4 nitrogen and oxygen atoms in total. The van der Waals surface area contributed by atoms with Gasteiger partial charge in [-0.2, -0.15) is 5.10 Å². The summed E-state index contributed by atoms with van der Waals surface area (Å²) in [5.74, 6) is -0.283. The molecule has 0 N–H and O–H groups in total. The second-order valence-corrected chi connectivity index (χ2v) is 7.17. The molecule has 0 aliphatic heterocycles. The Hall–Kier alpha value is -3.38. The molecule has 6 heteroatoms. The van der Waals surface area contributed by atoms with Gasteiger partial charge in [0.2, 0.25) is 4.80 Å². The van der Waals surface area contributed by atoms with Gasteiger partial charge in [0.1, 0.15) is 5.82 Å². The maximum atomic E-state index is 14.4. The third-order valence-corrected chi connectivity index (χ3v) is 5.21. The van der Waals surface area contributed by atoms with Crippen molar-refractivity contribution < 1.29 is 4.39 Å². The first-order valence-corrected chi connectivity index (χ1v) is 10.1. The van der Waals surface area contributed by atoms with Gasteiger partial charge in [-0.25, -0.2) is 9.07 Å². The Balaban J connectivity index is 1.70. The molecule has 144 valence electrons. The van der Waals surface area contributed by atoms with Crippen molar-refractivity contribution in [3.63, 3.8) is 0 Å². The van der Waals surface area contributed by atoms with Gasteiger partial charge in [-0.15, -0.1) is 11.3 Å². The van der Waals surface area contributed by atoms with E-state index < -0.39 is 0 Å². The molecular weight excluding hydrogens is 383 g/mol. The molecule has 29 heavy (non-hydrogen) atoms. The summed E-state index contributed by atoms with van der Waals surface area (Å²) in [6, 6.07) is 20.7. The highest BCUT2D eigenvalue weighted by atomic mass is 32.1. The van der Waals surface area contributed by atoms with Crippen LogP contribution < -0.4 is 4.80 Å². The summed E-state index contributed by atoms with van der Waals surface area (Å²) in [6.45, 7) is 0.631. The minimum Gasteiger partial charge on any atom is -0.265 e. The predicted octanol–water partition coefficient (Wildman–Crippen LogP) is 4.78. The maximum Gasteiger partial charge on any atom is 0.206 e. The van der Waals surface area contributed by atoms with Crippen LogP contribution in [0, 0.1) is 5.82 Å². The highest BCUT2D eigenvalue weighted by Crippen LogP contribution is 2.23. The molecule has 0 spiro atoms. The minimum atomic E-state index is -0.283. The first-order chi connectivity index (χ1) is 14.3. The van der Waals surface area contributed by atoms with E-state index in [-0.39, 0.29) is 5.82 Å². The molecule has 0 radical (unpaired) electrons. The second kappa shape index (κ2) is 9.21. The Morgan fingerprint density at radius 2 is 1.72 bits per heavy atom. The molecular formula is C23H19FN4S. The van der Waals surface area contributed by atoms with Crippen molar-refractivity contribution >= 4 is 17.6 Å². The lowest BCUT2D eigenvalue weighted by Gasteiger charge is -2.05. The van der Waals surface area contributed by atoms with Crippen molar-refractivity contribution in [1.82, 2.24) is 9.66 Å². The Morgan fingerprint density at radius 3 is 2.52 bits per heavy atom. The number of hydrogen-bond acceptors (Lipinski definition) is 4. The van der Waals surface area contributed by atoms with Crippen molar-refractivity contribution in [3.05, 3.63) is 106 Å². The molecule has 4 rings (SSSR count). The number of halogens is 1. The van der Waals surface area contributed by atoms with Crippen LogP contribution in [0.3, 0.4) is 0 Å². The van der Waals surface area contributed by atoms with E-state index in [1.807, 2.05) is 41.8 Å². The van der Waals surface area contributed by atoms with E-state index in [0.29, 0.717) is 17.8 Å². The minimum absolute atomic E-state index is 0.283. The van der Waals surface area contributed by atoms with Gasteiger partial charge in [-0.1, -0.05) is 42.5 Å². The summed E-state index contributed by atoms with van der Waals surface area (Å²) in [5, 5.41) is 6.49. The van der Waals surface area contributed by atoms with Gasteiger partial charge < -0.3 is 0 Å². The SMILES string of the molecule is Fc1ccccc1-c1csc(=NCCc2ccccc2)n1N=Cc1ccncc1. The fraction of sp³-hybridized carbons (Fsp3) is 0.0870. The van der Waals surface area contributed by atoms with Gasteiger partial charge in [-0.3, -0.25) is 9.98 Å². The van der Waals surface area contributed by atoms with Crippen LogP contribution in [0.2, 0.25) is 0 Å². The standard InChI is InChI=1S/C23H19FN4S/c24-21-9-5-4-8-20(21)22-17-29-23(26-15-12-18-6-2-1-3-7-18)28(22)27-16-19-10-13-25-14-11-19/h1-11,13-14,16-17H,12,15H2. The molecule has 0 atom stereocenters. The van der Waals surface area contributed by atoms with Gasteiger partial charge >= 0.3 is 0 Å². The molecule has 4 aromatic rings. The number of pyridine rings is 1. The Kier molecular flexibility index (Phi) is 6.02. The average molecular weight is 402 g/mol. The molecule has 0 aliphatic carbocycles. The molecule has 0 amide bonds. The summed E-state index contributed by atoms with van der Waals surface area (Å²) < 4.78 is 16.1. The molecule has 0 saturated carbocycles. The van der Waals surface area contributed by atoms with Gasteiger partial charge in [0.05, 0.1) is 11.9 Å². The highest BCUT2D eigenvalue weighted by molar-refractivity contribution is 7.07. The van der Waals surface area contributed by atoms with Gasteiger partial charge in [0, 0.05) is 29.9 Å². The van der Waals surface area contributed by atoms with E-state index in [2.05, 4.69) is 22.2 Å². The third-order valence-electron chi connectivity index (χ3n) is 4.35. The van der Waals surface area contributed by atoms with Crippen LogP contribution in [0.4, 0.5) is 4.39 Å². The zero-order valence-electron chi connectivity index (χ0n) is 15.6. The van der Waals surface area contributed by atoms with Gasteiger partial charge in [-0.05, 0) is 41.8 Å². The van der Waals surface area contributed by atoms with E-state index in [1.54, 1.807) is 35.4 Å². The number of benzene rings is 2. The summed E-state index contributed by atoms with van der Waals surface area (Å²) in [7, 11) is 0. The lowest BCUT2D eigenvalue weighted by atomic mass is 10.1. The molecule has 0 bridgehead atoms. The number of nitrogens with zero attached hydrogens (tertiary/aromatic N) is 4. The highest BCUT2D eigenvalue weighted by Gasteiger charge is 2.11. The van der Waals surface area contributed by atoms with E-state index in [1.165, 1.54) is 23.0 Å². The molecule has 0 fully saturated rings. The molecule has 2 heterocycles. The number of hydrogen-bond donors (Lipinski definition) is 0. The van der Waals surface area contributed by atoms with E-state index in [0.717, 1.165) is 16.8 Å². The van der Waals surface area contributed by atoms with Crippen molar-refractivity contribution in [2.24, 2.45) is 10.1 Å². The quantitative estimate of drug-likeness (QED) is 0.428. The van der Waals surface area contributed by atoms with Crippen LogP contribution in [0.15, 0.2) is 94.6 Å². The normalized spacial score (nSPS) is 12.0. The fourth-order valence-corrected chi connectivity index (χ4v) is 3.73. The first kappa shape index (κ1) is 19.0. The second-order valence-electron chi connectivity index (χ2n) is 6.34. The third kappa shape index (κ3) is 4.73. The van der Waals surface area contributed by atoms with Crippen LogP contribution in [-0.2, 0) is 6.42 Å². The van der Waals surface area contributed by atoms with Crippen molar-refractivity contribution in [1.29, 1.82) is 0 Å². The zero-order chi connectivity index (χ0) is 19.9. The van der Waals surface area contributed by atoms with E-state index >= 15 is 0 Å². The number of aromatic nitrogens is 2. The summed E-state index contributed by atoms with van der Waals surface area (Å²) in [5.41, 5.74) is 3.32. The predicted molar refractivity (Wildman–Crippen MR) is 116 cm³/mol. The lowest BCUT2D eigenvalue weighted by Crippen LogP contribution is -2.13. The number of thiazole rings is 1. The first-order valence-electron chi connectivity index (χ1n) is 9.25. The van der Waals surface area contributed by atoms with Gasteiger partial charge in [0.25, 0.3) is 0 Å². The van der Waals surface area contributed by atoms with Crippen molar-refractivity contribution in [3.8, 4) is 11.3 Å². The summed E-state index contributed by atoms with van der Waals surface area (Å²) in [6.07, 6.45) is 5.99. The van der Waals surface area contributed by atoms with Crippen molar-refractivity contribution in [2.75, 3.05) is 6.54 Å². The number of rotatable bonds is 6. The van der Waals surface area contributed by atoms with E-state index in [9.17, 15) is 4.39 Å². The molecule has 2 aromatic carbocycles. The molecule has 2 aromatic heterocycles. The van der Waals surface area contributed by atoms with Crippen LogP contribution in [-0.4, -0.2) is 22.4 Å². The lowest BCUT2D eigenvalue weighted by molar-refractivity contribution is 0.629. The van der Waals surface area contributed by atoms with Crippen LogP contribution in [0.25, 0.3) is 11.3 Å². The Bertz CT molecular complexity index is 1160. The smallest absolute Gasteiger partial charge is 0.206 e.